The van der Waals surface area contributed by atoms with E-state index in [1.807, 2.05) is 0 Å². The number of halogens is 3. The Morgan fingerprint density at radius 3 is 2.63 bits per heavy atom. The fraction of sp³-hybridized carbons (Fsp3) is 0.471. The van der Waals surface area contributed by atoms with Crippen LogP contribution in [0.4, 0.5) is 18.9 Å². The highest BCUT2D eigenvalue weighted by Gasteiger charge is 2.40. The number of hydrogen-bond acceptors (Lipinski definition) is 4. The third kappa shape index (κ3) is 4.05. The molecular weight excluding hydrogens is 367 g/mol. The number of primary amides is 1. The Hall–Kier alpha value is -2.62. The predicted octanol–water partition coefficient (Wildman–Crippen LogP) is 0.771. The second-order valence-corrected chi connectivity index (χ2v) is 6.50. The summed E-state index contributed by atoms with van der Waals surface area (Å²) in [6.07, 6.45) is -5.53. The van der Waals surface area contributed by atoms with Crippen LogP contribution in [0, 0.1) is 5.92 Å². The number of morpholine rings is 1. The van der Waals surface area contributed by atoms with Crippen molar-refractivity contribution in [3.8, 4) is 0 Å². The topological polar surface area (TPSA) is 92.9 Å². The molecule has 1 aromatic rings. The van der Waals surface area contributed by atoms with Crippen molar-refractivity contribution < 1.29 is 32.3 Å². The molecule has 2 fully saturated rings. The van der Waals surface area contributed by atoms with Gasteiger partial charge in [-0.25, -0.2) is 0 Å². The smallest absolute Gasteiger partial charge is 0.367 e. The molecule has 0 bridgehead atoms. The summed E-state index contributed by atoms with van der Waals surface area (Å²) in [4.78, 5) is 38.8. The van der Waals surface area contributed by atoms with E-state index in [2.05, 4.69) is 0 Å². The number of carbonyl (C=O) groups excluding carboxylic acids is 3. The van der Waals surface area contributed by atoms with E-state index < -0.39 is 35.6 Å². The number of nitrogens with zero attached hydrogens (tertiary/aromatic N) is 2. The average Bonchev–Trinajstić information content (AvgIpc) is 3.02. The number of benzene rings is 1. The first kappa shape index (κ1) is 19.2. The van der Waals surface area contributed by atoms with Crippen LogP contribution in [0.25, 0.3) is 0 Å². The molecule has 0 aromatic heterocycles. The lowest BCUT2D eigenvalue weighted by molar-refractivity contribution is -0.148. The van der Waals surface area contributed by atoms with Crippen molar-refractivity contribution in [2.45, 2.75) is 18.7 Å². The molecule has 0 saturated carbocycles. The van der Waals surface area contributed by atoms with Gasteiger partial charge in [0.1, 0.15) is 0 Å². The van der Waals surface area contributed by atoms with Crippen molar-refractivity contribution in [1.82, 2.24) is 4.90 Å². The SMILES string of the molecule is NC(=O)C1CN(C(=O)C2CC(=O)N(c3cccc(C(F)(F)F)c3)C2)CCO1. The third-order valence-corrected chi connectivity index (χ3v) is 4.65. The number of hydrogen-bond donors (Lipinski definition) is 1. The molecule has 3 amide bonds. The number of ether oxygens (including phenoxy) is 1. The molecule has 0 radical (unpaired) electrons. The van der Waals surface area contributed by atoms with Crippen LogP contribution in [0.1, 0.15) is 12.0 Å². The Bertz CT molecular complexity index is 768. The fourth-order valence-corrected chi connectivity index (χ4v) is 3.25. The minimum atomic E-state index is -4.52. The molecule has 2 unspecified atom stereocenters. The van der Waals surface area contributed by atoms with E-state index >= 15 is 0 Å². The van der Waals surface area contributed by atoms with Crippen LogP contribution in [-0.2, 0) is 25.3 Å². The lowest BCUT2D eigenvalue weighted by Gasteiger charge is -2.32. The van der Waals surface area contributed by atoms with Gasteiger partial charge in [-0.2, -0.15) is 13.2 Å². The van der Waals surface area contributed by atoms with Crippen molar-refractivity contribution in [2.24, 2.45) is 11.7 Å². The van der Waals surface area contributed by atoms with E-state index in [9.17, 15) is 27.6 Å². The Labute approximate surface area is 152 Å². The number of rotatable bonds is 3. The monoisotopic (exact) mass is 385 g/mol. The molecule has 27 heavy (non-hydrogen) atoms. The van der Waals surface area contributed by atoms with Crippen molar-refractivity contribution in [3.05, 3.63) is 29.8 Å². The molecule has 2 aliphatic rings. The molecular formula is C17H18F3N3O4. The summed E-state index contributed by atoms with van der Waals surface area (Å²) in [6.45, 7) is 0.397. The van der Waals surface area contributed by atoms with Crippen molar-refractivity contribution in [2.75, 3.05) is 31.1 Å². The molecule has 2 N–H and O–H groups in total. The van der Waals surface area contributed by atoms with Gasteiger partial charge in [0.2, 0.25) is 17.7 Å². The van der Waals surface area contributed by atoms with E-state index in [1.165, 1.54) is 21.9 Å². The molecule has 3 rings (SSSR count). The first-order valence-corrected chi connectivity index (χ1v) is 8.34. The first-order valence-electron chi connectivity index (χ1n) is 8.34. The summed E-state index contributed by atoms with van der Waals surface area (Å²) in [6, 6.07) is 4.44. The van der Waals surface area contributed by atoms with Crippen LogP contribution >= 0.6 is 0 Å². The Morgan fingerprint density at radius 1 is 1.22 bits per heavy atom. The van der Waals surface area contributed by atoms with Crippen molar-refractivity contribution in [3.63, 3.8) is 0 Å². The molecule has 0 aliphatic carbocycles. The number of anilines is 1. The van der Waals surface area contributed by atoms with E-state index in [1.54, 1.807) is 0 Å². The number of alkyl halides is 3. The zero-order chi connectivity index (χ0) is 19.8. The van der Waals surface area contributed by atoms with E-state index in [0.29, 0.717) is 0 Å². The third-order valence-electron chi connectivity index (χ3n) is 4.65. The number of amides is 3. The second-order valence-electron chi connectivity index (χ2n) is 6.50. The summed E-state index contributed by atoms with van der Waals surface area (Å²) in [5.74, 6) is -2.14. The van der Waals surface area contributed by atoms with Gasteiger partial charge in [0.25, 0.3) is 0 Å². The minimum Gasteiger partial charge on any atom is -0.367 e. The maximum atomic E-state index is 12.9. The van der Waals surface area contributed by atoms with Gasteiger partial charge in [0, 0.05) is 25.2 Å². The quantitative estimate of drug-likeness (QED) is 0.832. The Kier molecular flexibility index (Phi) is 5.09. The maximum Gasteiger partial charge on any atom is 0.416 e. The highest BCUT2D eigenvalue weighted by atomic mass is 19.4. The van der Waals surface area contributed by atoms with Crippen molar-refractivity contribution in [1.29, 1.82) is 0 Å². The zero-order valence-electron chi connectivity index (χ0n) is 14.2. The van der Waals surface area contributed by atoms with Crippen LogP contribution < -0.4 is 10.6 Å². The van der Waals surface area contributed by atoms with Crippen molar-refractivity contribution >= 4 is 23.4 Å². The van der Waals surface area contributed by atoms with E-state index in [4.69, 9.17) is 10.5 Å². The largest absolute Gasteiger partial charge is 0.416 e. The normalized spacial score (nSPS) is 23.6. The lowest BCUT2D eigenvalue weighted by atomic mass is 10.1. The van der Waals surface area contributed by atoms with Gasteiger partial charge in [-0.1, -0.05) is 6.07 Å². The number of nitrogens with two attached hydrogens (primary N) is 1. The molecule has 7 nitrogen and oxygen atoms in total. The van der Waals surface area contributed by atoms with Gasteiger partial charge >= 0.3 is 6.18 Å². The van der Waals surface area contributed by atoms with Gasteiger partial charge in [-0.15, -0.1) is 0 Å². The van der Waals surface area contributed by atoms with Crippen LogP contribution in [0.2, 0.25) is 0 Å². The zero-order valence-corrected chi connectivity index (χ0v) is 14.2. The van der Waals surface area contributed by atoms with Crippen LogP contribution in [0.3, 0.4) is 0 Å². The second kappa shape index (κ2) is 7.18. The summed E-state index contributed by atoms with van der Waals surface area (Å²) in [7, 11) is 0. The van der Waals surface area contributed by atoms with Gasteiger partial charge < -0.3 is 20.3 Å². The van der Waals surface area contributed by atoms with Crippen LogP contribution in [-0.4, -0.2) is 55.0 Å². The highest BCUT2D eigenvalue weighted by molar-refractivity contribution is 6.00. The Balaban J connectivity index is 1.72. The highest BCUT2D eigenvalue weighted by Crippen LogP contribution is 2.33. The summed E-state index contributed by atoms with van der Waals surface area (Å²) < 4.78 is 43.9. The Morgan fingerprint density at radius 2 is 1.96 bits per heavy atom. The molecule has 2 aliphatic heterocycles. The van der Waals surface area contributed by atoms with E-state index in [-0.39, 0.29) is 44.3 Å². The molecule has 0 spiro atoms. The lowest BCUT2D eigenvalue weighted by Crippen LogP contribution is -2.52. The molecule has 2 atom stereocenters. The van der Waals surface area contributed by atoms with Gasteiger partial charge in [-0.05, 0) is 18.2 Å². The van der Waals surface area contributed by atoms with Gasteiger partial charge in [0.05, 0.1) is 24.6 Å². The average molecular weight is 385 g/mol. The predicted molar refractivity (Wildman–Crippen MR) is 87.4 cm³/mol. The summed E-state index contributed by atoms with van der Waals surface area (Å²) in [5.41, 5.74) is 4.43. The molecule has 2 saturated heterocycles. The number of carbonyl (C=O) groups is 3. The first-order chi connectivity index (χ1) is 12.7. The molecule has 10 heteroatoms. The molecule has 2 heterocycles. The van der Waals surface area contributed by atoms with Crippen LogP contribution in [0.15, 0.2) is 24.3 Å². The van der Waals surface area contributed by atoms with Crippen LogP contribution in [0.5, 0.6) is 0 Å². The molecule has 146 valence electrons. The minimum absolute atomic E-state index is 0.00240. The van der Waals surface area contributed by atoms with Gasteiger partial charge in [0.15, 0.2) is 6.10 Å². The summed E-state index contributed by atoms with van der Waals surface area (Å²) in [5, 5.41) is 0. The maximum absolute atomic E-state index is 12.9. The molecule has 1 aromatic carbocycles. The standard InChI is InChI=1S/C17H18F3N3O4/c18-17(19,20)11-2-1-3-12(7-11)23-8-10(6-14(23)24)16(26)22-4-5-27-13(9-22)15(21)25/h1-3,7,10,13H,4-6,8-9H2,(H2,21,25). The van der Waals surface area contributed by atoms with Gasteiger partial charge in [-0.3, -0.25) is 14.4 Å². The summed E-state index contributed by atoms with van der Waals surface area (Å²) >= 11 is 0. The van der Waals surface area contributed by atoms with E-state index in [0.717, 1.165) is 12.1 Å². The fourth-order valence-electron chi connectivity index (χ4n) is 3.25.